The highest BCUT2D eigenvalue weighted by Gasteiger charge is 2.16. The van der Waals surface area contributed by atoms with Crippen LogP contribution in [0.15, 0.2) is 122 Å². The van der Waals surface area contributed by atoms with Crippen molar-refractivity contribution in [3.8, 4) is 0 Å². The van der Waals surface area contributed by atoms with Crippen molar-refractivity contribution in [2.45, 2.75) is 251 Å². The molecule has 0 radical (unpaired) electrons. The standard InChI is InChI=1S/C63H104O5/c1-3-5-7-9-11-13-15-17-19-21-23-24-25-26-27-28-29-30-31-32-33-34-35-36-37-38-40-42-44-46-48-50-52-54-56-58-63(66)68-61(59-64)60-67-62(65)57-55-53-51-49-47-45-43-41-39-22-20-18-16-14-12-10-8-6-4-2/h5,7,11,13,17-20,23-24,26-27,29-30,32-33,35-36,38,40,61,64H,3-4,6,8-10,12,14-16,21-22,25,28,31,34,37,39,41-60H2,1-2H3/b7-5-,13-11-,19-17-,20-18-,24-23-,27-26-,30-29-,33-32-,36-35-,40-38-. The van der Waals surface area contributed by atoms with E-state index in [9.17, 15) is 14.7 Å². The molecular weight excluding hydrogens is 837 g/mol. The summed E-state index contributed by atoms with van der Waals surface area (Å²) in [6.07, 6.45) is 84.4. The Morgan fingerprint density at radius 3 is 0.971 bits per heavy atom. The van der Waals surface area contributed by atoms with Crippen LogP contribution in [0.3, 0.4) is 0 Å². The normalized spacial score (nSPS) is 13.2. The first-order valence-electron chi connectivity index (χ1n) is 28.1. The number of rotatable bonds is 50. The van der Waals surface area contributed by atoms with E-state index in [-0.39, 0.29) is 25.2 Å². The van der Waals surface area contributed by atoms with Crippen molar-refractivity contribution in [3.63, 3.8) is 0 Å². The molecule has 0 aliphatic heterocycles. The lowest BCUT2D eigenvalue weighted by Crippen LogP contribution is -2.28. The first kappa shape index (κ1) is 64.3. The van der Waals surface area contributed by atoms with Gasteiger partial charge in [0.1, 0.15) is 6.61 Å². The molecule has 5 nitrogen and oxygen atoms in total. The number of hydrogen-bond donors (Lipinski definition) is 1. The van der Waals surface area contributed by atoms with Crippen LogP contribution in [0.25, 0.3) is 0 Å². The lowest BCUT2D eigenvalue weighted by molar-refractivity contribution is -0.161. The molecule has 0 spiro atoms. The summed E-state index contributed by atoms with van der Waals surface area (Å²) in [5, 5.41) is 9.64. The Labute approximate surface area is 420 Å². The molecular formula is C63H104O5. The largest absolute Gasteiger partial charge is 0.462 e. The van der Waals surface area contributed by atoms with Crippen molar-refractivity contribution in [1.82, 2.24) is 0 Å². The fraction of sp³-hybridized carbons (Fsp3) is 0.651. The number of unbranched alkanes of at least 4 members (excludes halogenated alkanes) is 22. The van der Waals surface area contributed by atoms with Gasteiger partial charge in [0.05, 0.1) is 6.61 Å². The fourth-order valence-corrected chi connectivity index (χ4v) is 7.54. The number of esters is 2. The van der Waals surface area contributed by atoms with Gasteiger partial charge in [-0.05, 0) is 109 Å². The van der Waals surface area contributed by atoms with Crippen molar-refractivity contribution in [1.29, 1.82) is 0 Å². The number of aliphatic hydroxyl groups excluding tert-OH is 1. The number of allylic oxidation sites excluding steroid dienone is 20. The van der Waals surface area contributed by atoms with Crippen molar-refractivity contribution in [3.05, 3.63) is 122 Å². The fourth-order valence-electron chi connectivity index (χ4n) is 7.54. The summed E-state index contributed by atoms with van der Waals surface area (Å²) >= 11 is 0. The Bertz CT molecular complexity index is 1390. The van der Waals surface area contributed by atoms with Crippen LogP contribution in [0.2, 0.25) is 0 Å². The van der Waals surface area contributed by atoms with Crippen LogP contribution in [0.5, 0.6) is 0 Å². The minimum Gasteiger partial charge on any atom is -0.462 e. The van der Waals surface area contributed by atoms with Crippen LogP contribution in [0.4, 0.5) is 0 Å². The van der Waals surface area contributed by atoms with Gasteiger partial charge in [0.25, 0.3) is 0 Å². The molecule has 0 aromatic heterocycles. The van der Waals surface area contributed by atoms with Gasteiger partial charge < -0.3 is 14.6 Å². The number of hydrogen-bond acceptors (Lipinski definition) is 5. The van der Waals surface area contributed by atoms with Crippen LogP contribution >= 0.6 is 0 Å². The zero-order chi connectivity index (χ0) is 49.2. The van der Waals surface area contributed by atoms with E-state index in [1.165, 1.54) is 116 Å². The SMILES string of the molecule is CC/C=C\C/C=C\C/C=C\C/C=C\C/C=C\C/C=C\C/C=C\C/C=C\C/C=C\CCCCCCCCCC(=O)OC(CO)COC(=O)CCCCCCCCCCC/C=C\CCCCCCCC. The highest BCUT2D eigenvalue weighted by atomic mass is 16.6. The smallest absolute Gasteiger partial charge is 0.306 e. The monoisotopic (exact) mass is 941 g/mol. The van der Waals surface area contributed by atoms with E-state index in [0.717, 1.165) is 103 Å². The molecule has 0 fully saturated rings. The number of carbonyl (C=O) groups excluding carboxylic acids is 2. The van der Waals surface area contributed by atoms with Gasteiger partial charge >= 0.3 is 11.9 Å². The molecule has 0 aromatic carbocycles. The number of aliphatic hydroxyl groups is 1. The average molecular weight is 942 g/mol. The van der Waals surface area contributed by atoms with Gasteiger partial charge in [-0.1, -0.05) is 245 Å². The van der Waals surface area contributed by atoms with Crippen LogP contribution in [0.1, 0.15) is 245 Å². The second-order valence-electron chi connectivity index (χ2n) is 18.3. The molecule has 68 heavy (non-hydrogen) atoms. The Hall–Kier alpha value is -3.70. The van der Waals surface area contributed by atoms with Crippen LogP contribution in [-0.4, -0.2) is 36.4 Å². The van der Waals surface area contributed by atoms with Crippen molar-refractivity contribution < 1.29 is 24.2 Å². The summed E-state index contributed by atoms with van der Waals surface area (Å²) in [6, 6.07) is 0. The van der Waals surface area contributed by atoms with Gasteiger partial charge in [-0.25, -0.2) is 0 Å². The van der Waals surface area contributed by atoms with Gasteiger partial charge in [-0.15, -0.1) is 0 Å². The third-order valence-corrected chi connectivity index (χ3v) is 11.7. The van der Waals surface area contributed by atoms with E-state index < -0.39 is 6.10 Å². The molecule has 0 bridgehead atoms. The summed E-state index contributed by atoms with van der Waals surface area (Å²) in [6.45, 7) is 4.02. The predicted molar refractivity (Wildman–Crippen MR) is 297 cm³/mol. The number of ether oxygens (including phenoxy) is 2. The lowest BCUT2D eigenvalue weighted by Gasteiger charge is -2.15. The van der Waals surface area contributed by atoms with Gasteiger partial charge in [0.15, 0.2) is 6.10 Å². The van der Waals surface area contributed by atoms with Gasteiger partial charge in [-0.2, -0.15) is 0 Å². The molecule has 0 saturated carbocycles. The minimum atomic E-state index is -0.787. The molecule has 5 heteroatoms. The maximum atomic E-state index is 12.3. The Morgan fingerprint density at radius 1 is 0.353 bits per heavy atom. The zero-order valence-corrected chi connectivity index (χ0v) is 44.1. The zero-order valence-electron chi connectivity index (χ0n) is 44.1. The van der Waals surface area contributed by atoms with E-state index in [0.29, 0.717) is 12.8 Å². The van der Waals surface area contributed by atoms with E-state index in [1.54, 1.807) is 0 Å². The maximum Gasteiger partial charge on any atom is 0.306 e. The second-order valence-corrected chi connectivity index (χ2v) is 18.3. The van der Waals surface area contributed by atoms with Crippen LogP contribution in [0, 0.1) is 0 Å². The van der Waals surface area contributed by atoms with Gasteiger partial charge in [-0.3, -0.25) is 9.59 Å². The molecule has 1 atom stereocenters. The lowest BCUT2D eigenvalue weighted by atomic mass is 10.1. The first-order valence-corrected chi connectivity index (χ1v) is 28.1. The highest BCUT2D eigenvalue weighted by Crippen LogP contribution is 2.14. The molecule has 1 N–H and O–H groups in total. The minimum absolute atomic E-state index is 0.0771. The molecule has 0 aliphatic carbocycles. The van der Waals surface area contributed by atoms with Crippen LogP contribution in [-0.2, 0) is 19.1 Å². The summed E-state index contributed by atoms with van der Waals surface area (Å²) in [7, 11) is 0. The molecule has 1 unspecified atom stereocenters. The van der Waals surface area contributed by atoms with E-state index in [2.05, 4.69) is 135 Å². The topological polar surface area (TPSA) is 72.8 Å². The summed E-state index contributed by atoms with van der Waals surface area (Å²) in [5.74, 6) is -0.609. The van der Waals surface area contributed by atoms with Gasteiger partial charge in [0.2, 0.25) is 0 Å². The van der Waals surface area contributed by atoms with E-state index in [4.69, 9.17) is 9.47 Å². The highest BCUT2D eigenvalue weighted by molar-refractivity contribution is 5.70. The van der Waals surface area contributed by atoms with Crippen molar-refractivity contribution in [2.24, 2.45) is 0 Å². The summed E-state index contributed by atoms with van der Waals surface area (Å²) < 4.78 is 10.7. The maximum absolute atomic E-state index is 12.3. The Kier molecular flexibility index (Phi) is 54.5. The van der Waals surface area contributed by atoms with Crippen LogP contribution < -0.4 is 0 Å². The Balaban J connectivity index is 3.60. The second kappa shape index (κ2) is 57.6. The molecule has 0 aromatic rings. The molecule has 386 valence electrons. The molecule has 0 saturated heterocycles. The van der Waals surface area contributed by atoms with Crippen molar-refractivity contribution >= 4 is 11.9 Å². The van der Waals surface area contributed by atoms with Crippen molar-refractivity contribution in [2.75, 3.05) is 13.2 Å². The number of carbonyl (C=O) groups is 2. The third kappa shape index (κ3) is 54.9. The molecule has 0 amide bonds. The van der Waals surface area contributed by atoms with E-state index >= 15 is 0 Å². The average Bonchev–Trinajstić information content (AvgIpc) is 3.34. The summed E-state index contributed by atoms with van der Waals surface area (Å²) in [4.78, 5) is 24.5. The third-order valence-electron chi connectivity index (χ3n) is 11.7. The first-order chi connectivity index (χ1) is 33.6. The van der Waals surface area contributed by atoms with E-state index in [1.807, 2.05) is 0 Å². The molecule has 0 heterocycles. The molecule has 0 aliphatic rings. The Morgan fingerprint density at radius 2 is 0.632 bits per heavy atom. The predicted octanol–water partition coefficient (Wildman–Crippen LogP) is 19.1. The van der Waals surface area contributed by atoms with Gasteiger partial charge in [0, 0.05) is 12.8 Å². The molecule has 0 rings (SSSR count). The quantitative estimate of drug-likeness (QED) is 0.0374. The summed E-state index contributed by atoms with van der Waals surface area (Å²) in [5.41, 5.74) is 0.